The first kappa shape index (κ1) is 18.4. The van der Waals surface area contributed by atoms with Crippen molar-refractivity contribution < 1.29 is 13.2 Å². The quantitative estimate of drug-likeness (QED) is 0.721. The van der Waals surface area contributed by atoms with Crippen LogP contribution in [0, 0.1) is 0 Å². The number of pyridine rings is 1. The number of hydrogen-bond acceptors (Lipinski definition) is 5. The Kier molecular flexibility index (Phi) is 4.54. The van der Waals surface area contributed by atoms with Gasteiger partial charge < -0.3 is 15.2 Å². The van der Waals surface area contributed by atoms with Gasteiger partial charge in [-0.15, -0.1) is 10.2 Å². The number of benzene rings is 1. The van der Waals surface area contributed by atoms with Crippen molar-refractivity contribution in [1.82, 2.24) is 20.1 Å². The predicted octanol–water partition coefficient (Wildman–Crippen LogP) is 2.79. The van der Waals surface area contributed by atoms with Crippen molar-refractivity contribution >= 4 is 16.6 Å². The van der Waals surface area contributed by atoms with E-state index in [9.17, 15) is 18.0 Å². The van der Waals surface area contributed by atoms with Crippen molar-refractivity contribution in [2.24, 2.45) is 7.05 Å². The molecule has 1 aromatic carbocycles. The molecule has 1 saturated heterocycles. The molecule has 2 aromatic heterocycles. The number of hydrogen-bond donors (Lipinski definition) is 2. The first-order valence-electron chi connectivity index (χ1n) is 8.85. The lowest BCUT2D eigenvalue weighted by Gasteiger charge is -2.15. The molecule has 4 rings (SSSR count). The fourth-order valence-electron chi connectivity index (χ4n) is 3.36. The second kappa shape index (κ2) is 6.90. The molecule has 0 bridgehead atoms. The molecule has 1 atom stereocenters. The highest BCUT2D eigenvalue weighted by atomic mass is 19.4. The molecule has 3 heterocycles. The zero-order valence-corrected chi connectivity index (χ0v) is 15.0. The van der Waals surface area contributed by atoms with Crippen LogP contribution in [-0.2, 0) is 13.2 Å². The second-order valence-corrected chi connectivity index (χ2v) is 6.83. The summed E-state index contributed by atoms with van der Waals surface area (Å²) in [6.45, 7) is 1.64. The lowest BCUT2D eigenvalue weighted by molar-refractivity contribution is -0.137. The van der Waals surface area contributed by atoms with Crippen molar-refractivity contribution in [3.8, 4) is 11.3 Å². The van der Waals surface area contributed by atoms with Crippen LogP contribution in [0.1, 0.15) is 12.0 Å². The lowest BCUT2D eigenvalue weighted by atomic mass is 10.0. The molecule has 3 aromatic rings. The molecule has 0 saturated carbocycles. The second-order valence-electron chi connectivity index (χ2n) is 6.83. The van der Waals surface area contributed by atoms with Crippen molar-refractivity contribution in [2.45, 2.75) is 18.6 Å². The maximum atomic E-state index is 12.8. The number of aromatic nitrogens is 3. The van der Waals surface area contributed by atoms with Crippen LogP contribution in [0.15, 0.2) is 41.3 Å². The number of anilines is 1. The number of alkyl halides is 3. The Hall–Kier alpha value is -2.94. The number of fused-ring (bicyclic) bond motifs is 1. The Labute approximate surface area is 158 Å². The fraction of sp³-hybridized carbons (Fsp3) is 0.316. The van der Waals surface area contributed by atoms with E-state index in [4.69, 9.17) is 0 Å². The summed E-state index contributed by atoms with van der Waals surface area (Å²) in [6, 6.07) is 6.56. The molecule has 1 unspecified atom stereocenters. The molecule has 6 nitrogen and oxygen atoms in total. The van der Waals surface area contributed by atoms with Crippen molar-refractivity contribution in [2.75, 3.05) is 18.4 Å². The minimum absolute atomic E-state index is 0.138. The number of nitrogens with zero attached hydrogens (tertiary/aromatic N) is 3. The average molecular weight is 389 g/mol. The van der Waals surface area contributed by atoms with E-state index in [-0.39, 0.29) is 11.6 Å². The molecule has 0 spiro atoms. The molecule has 9 heteroatoms. The molecule has 28 heavy (non-hydrogen) atoms. The SMILES string of the molecule is Cn1ccc2c(-c3ccc(C(F)(F)F)cc3)nnc(NC3CCNC3)c2c1=O. The normalized spacial score (nSPS) is 17.2. The third-order valence-electron chi connectivity index (χ3n) is 4.90. The Morgan fingerprint density at radius 2 is 1.93 bits per heavy atom. The van der Waals surface area contributed by atoms with Crippen LogP contribution < -0.4 is 16.2 Å². The summed E-state index contributed by atoms with van der Waals surface area (Å²) in [5, 5.41) is 15.8. The van der Waals surface area contributed by atoms with Gasteiger partial charge in [-0.1, -0.05) is 12.1 Å². The monoisotopic (exact) mass is 389 g/mol. The fourth-order valence-corrected chi connectivity index (χ4v) is 3.36. The van der Waals surface area contributed by atoms with Gasteiger partial charge >= 0.3 is 6.18 Å². The van der Waals surface area contributed by atoms with Crippen LogP contribution in [0.2, 0.25) is 0 Å². The molecule has 146 valence electrons. The van der Waals surface area contributed by atoms with E-state index in [2.05, 4.69) is 20.8 Å². The summed E-state index contributed by atoms with van der Waals surface area (Å²) >= 11 is 0. The maximum Gasteiger partial charge on any atom is 0.416 e. The summed E-state index contributed by atoms with van der Waals surface area (Å²) in [6.07, 6.45) is -1.90. The summed E-state index contributed by atoms with van der Waals surface area (Å²) in [5.41, 5.74) is -0.144. The lowest BCUT2D eigenvalue weighted by Crippen LogP contribution is -2.25. The summed E-state index contributed by atoms with van der Waals surface area (Å²) in [5.74, 6) is 0.389. The van der Waals surface area contributed by atoms with Crippen molar-refractivity contribution in [1.29, 1.82) is 0 Å². The first-order valence-corrected chi connectivity index (χ1v) is 8.85. The van der Waals surface area contributed by atoms with E-state index in [0.29, 0.717) is 27.8 Å². The number of halogens is 3. The first-order chi connectivity index (χ1) is 13.3. The van der Waals surface area contributed by atoms with Crippen LogP contribution in [0.25, 0.3) is 22.0 Å². The van der Waals surface area contributed by atoms with Gasteiger partial charge in [0.05, 0.1) is 10.9 Å². The zero-order chi connectivity index (χ0) is 19.9. The van der Waals surface area contributed by atoms with E-state index < -0.39 is 11.7 Å². The Balaban J connectivity index is 1.84. The molecule has 1 fully saturated rings. The highest BCUT2D eigenvalue weighted by Gasteiger charge is 2.30. The van der Waals surface area contributed by atoms with Crippen molar-refractivity contribution in [3.05, 3.63) is 52.4 Å². The smallest absolute Gasteiger partial charge is 0.364 e. The van der Waals surface area contributed by atoms with Gasteiger partial charge in [0.1, 0.15) is 5.69 Å². The van der Waals surface area contributed by atoms with Gasteiger partial charge in [0.15, 0.2) is 5.82 Å². The molecular formula is C19H18F3N5O. The molecule has 0 aliphatic carbocycles. The van der Waals surface area contributed by atoms with Crippen LogP contribution in [0.3, 0.4) is 0 Å². The largest absolute Gasteiger partial charge is 0.416 e. The van der Waals surface area contributed by atoms with Gasteiger partial charge in [-0.05, 0) is 31.2 Å². The van der Waals surface area contributed by atoms with Crippen molar-refractivity contribution in [3.63, 3.8) is 0 Å². The van der Waals surface area contributed by atoms with Crippen LogP contribution in [-0.4, -0.2) is 33.9 Å². The predicted molar refractivity (Wildman–Crippen MR) is 100 cm³/mol. The highest BCUT2D eigenvalue weighted by molar-refractivity contribution is 5.99. The molecule has 0 radical (unpaired) electrons. The van der Waals surface area contributed by atoms with Gasteiger partial charge in [0, 0.05) is 36.8 Å². The third-order valence-corrected chi connectivity index (χ3v) is 4.90. The summed E-state index contributed by atoms with van der Waals surface area (Å²) in [4.78, 5) is 12.8. The number of aryl methyl sites for hydroxylation is 1. The van der Waals surface area contributed by atoms with Crippen LogP contribution in [0.4, 0.5) is 19.0 Å². The standard InChI is InChI=1S/C19H18F3N5O/c1-27-9-7-14-15(18(27)28)17(24-13-6-8-23-10-13)26-25-16(14)11-2-4-12(5-3-11)19(20,21)22/h2-5,7,9,13,23H,6,8,10H2,1H3,(H,24,26). The summed E-state index contributed by atoms with van der Waals surface area (Å²) < 4.78 is 39.9. The van der Waals surface area contributed by atoms with Gasteiger partial charge in [0.25, 0.3) is 5.56 Å². The maximum absolute atomic E-state index is 12.8. The minimum Gasteiger partial charge on any atom is -0.364 e. The van der Waals surface area contributed by atoms with Gasteiger partial charge in [-0.25, -0.2) is 0 Å². The number of nitrogens with one attached hydrogen (secondary N) is 2. The summed E-state index contributed by atoms with van der Waals surface area (Å²) in [7, 11) is 1.64. The Morgan fingerprint density at radius 1 is 1.18 bits per heavy atom. The topological polar surface area (TPSA) is 71.8 Å². The zero-order valence-electron chi connectivity index (χ0n) is 15.0. The van der Waals surface area contributed by atoms with E-state index >= 15 is 0 Å². The molecule has 0 amide bonds. The average Bonchev–Trinajstić information content (AvgIpc) is 3.17. The third kappa shape index (κ3) is 3.33. The molecule has 1 aliphatic rings. The van der Waals surface area contributed by atoms with Gasteiger partial charge in [0.2, 0.25) is 0 Å². The molecule has 2 N–H and O–H groups in total. The minimum atomic E-state index is -4.41. The van der Waals surface area contributed by atoms with Gasteiger partial charge in [-0.3, -0.25) is 4.79 Å². The van der Waals surface area contributed by atoms with E-state index in [1.54, 1.807) is 19.3 Å². The molecule has 1 aliphatic heterocycles. The Morgan fingerprint density at radius 3 is 2.57 bits per heavy atom. The van der Waals surface area contributed by atoms with E-state index in [1.807, 2.05) is 0 Å². The van der Waals surface area contributed by atoms with Crippen LogP contribution >= 0.6 is 0 Å². The highest BCUT2D eigenvalue weighted by Crippen LogP contribution is 2.32. The Bertz CT molecular complexity index is 1070. The van der Waals surface area contributed by atoms with Crippen LogP contribution in [0.5, 0.6) is 0 Å². The van der Waals surface area contributed by atoms with Gasteiger partial charge in [-0.2, -0.15) is 13.2 Å². The molecular weight excluding hydrogens is 371 g/mol. The van der Waals surface area contributed by atoms with E-state index in [0.717, 1.165) is 31.6 Å². The number of rotatable bonds is 3. The van der Waals surface area contributed by atoms with E-state index in [1.165, 1.54) is 16.7 Å².